The van der Waals surface area contributed by atoms with Crippen LogP contribution in [0, 0.1) is 24.5 Å². The number of carboxylic acids is 1. The summed E-state index contributed by atoms with van der Waals surface area (Å²) in [5.41, 5.74) is 6.07. The zero-order valence-electron chi connectivity index (χ0n) is 27.6. The van der Waals surface area contributed by atoms with Crippen molar-refractivity contribution >= 4 is 5.97 Å². The van der Waals surface area contributed by atoms with Gasteiger partial charge in [0.1, 0.15) is 18.2 Å². The molecule has 0 bridgehead atoms. The van der Waals surface area contributed by atoms with Crippen molar-refractivity contribution in [1.82, 2.24) is 5.32 Å². The van der Waals surface area contributed by atoms with E-state index in [-0.39, 0.29) is 43.3 Å². The summed E-state index contributed by atoms with van der Waals surface area (Å²) < 4.78 is 42.1. The number of halogens is 2. The maximum absolute atomic E-state index is 15.1. The molecule has 3 atom stereocenters. The summed E-state index contributed by atoms with van der Waals surface area (Å²) in [6, 6.07) is 21.6. The smallest absolute Gasteiger partial charge is 0.326 e. The summed E-state index contributed by atoms with van der Waals surface area (Å²) in [5.74, 6) is -1.68. The number of aliphatic carboxylic acids is 1. The van der Waals surface area contributed by atoms with Gasteiger partial charge in [0.2, 0.25) is 0 Å². The Bertz CT molecular complexity index is 1760. The van der Waals surface area contributed by atoms with Crippen molar-refractivity contribution < 1.29 is 38.4 Å². The van der Waals surface area contributed by atoms with Crippen LogP contribution in [0.5, 0.6) is 11.5 Å². The summed E-state index contributed by atoms with van der Waals surface area (Å²) in [7, 11) is 0. The van der Waals surface area contributed by atoms with E-state index < -0.39 is 29.7 Å². The summed E-state index contributed by atoms with van der Waals surface area (Å²) >= 11 is 0. The number of aryl methyl sites for hydroxylation is 1. The van der Waals surface area contributed by atoms with E-state index in [0.717, 1.165) is 51.8 Å². The SMILES string of the molecule is Cc1c(COc2ccc(CC[C@@H](C)CO)cc2F)cccc1-c1cccc2c1CCC2Oc1ccc(CN[C@@](C)(CO)C(=O)O)cc1F. The molecule has 7 nitrogen and oxygen atoms in total. The molecule has 0 saturated heterocycles. The molecule has 4 aromatic carbocycles. The molecular formula is C39H43F2NO6. The van der Waals surface area contributed by atoms with Gasteiger partial charge >= 0.3 is 5.97 Å². The molecule has 9 heteroatoms. The van der Waals surface area contributed by atoms with Crippen LogP contribution in [-0.4, -0.2) is 40.0 Å². The van der Waals surface area contributed by atoms with Crippen LogP contribution < -0.4 is 14.8 Å². The summed E-state index contributed by atoms with van der Waals surface area (Å²) in [6.45, 7) is 5.14. The monoisotopic (exact) mass is 659 g/mol. The molecule has 0 heterocycles. The van der Waals surface area contributed by atoms with Gasteiger partial charge in [-0.05, 0) is 114 Å². The van der Waals surface area contributed by atoms with E-state index in [1.807, 2.05) is 44.2 Å². The second-order valence-electron chi connectivity index (χ2n) is 12.9. The van der Waals surface area contributed by atoms with Crippen molar-refractivity contribution in [3.63, 3.8) is 0 Å². The molecule has 1 aliphatic rings. The number of fused-ring (bicyclic) bond motifs is 1. The minimum Gasteiger partial charge on any atom is -0.486 e. The molecule has 0 aliphatic heterocycles. The highest BCUT2D eigenvalue weighted by atomic mass is 19.1. The normalized spacial score (nSPS) is 15.9. The molecule has 0 saturated carbocycles. The molecule has 1 unspecified atom stereocenters. The number of ether oxygens (including phenoxy) is 2. The Morgan fingerprint density at radius 3 is 2.38 bits per heavy atom. The third-order valence-electron chi connectivity index (χ3n) is 9.31. The quantitative estimate of drug-likeness (QED) is 0.108. The van der Waals surface area contributed by atoms with E-state index in [1.54, 1.807) is 18.2 Å². The molecule has 0 spiro atoms. The molecule has 1 aliphatic carbocycles. The van der Waals surface area contributed by atoms with Crippen molar-refractivity contribution in [1.29, 1.82) is 0 Å². The number of nitrogens with one attached hydrogen (secondary N) is 1. The highest BCUT2D eigenvalue weighted by Gasteiger charge is 2.32. The van der Waals surface area contributed by atoms with E-state index in [2.05, 4.69) is 17.4 Å². The van der Waals surface area contributed by atoms with Gasteiger partial charge in [-0.3, -0.25) is 10.1 Å². The highest BCUT2D eigenvalue weighted by Crippen LogP contribution is 2.41. The fraction of sp³-hybridized carbons (Fsp3) is 0.359. The topological polar surface area (TPSA) is 108 Å². The minimum absolute atomic E-state index is 0.0619. The van der Waals surface area contributed by atoms with Gasteiger partial charge in [-0.2, -0.15) is 0 Å². The first-order chi connectivity index (χ1) is 23.0. The maximum Gasteiger partial charge on any atom is 0.326 e. The van der Waals surface area contributed by atoms with E-state index >= 15 is 4.39 Å². The largest absolute Gasteiger partial charge is 0.486 e. The van der Waals surface area contributed by atoms with Crippen LogP contribution in [0.4, 0.5) is 8.78 Å². The van der Waals surface area contributed by atoms with Crippen molar-refractivity contribution in [2.24, 2.45) is 5.92 Å². The first-order valence-corrected chi connectivity index (χ1v) is 16.3. The number of hydrogen-bond donors (Lipinski definition) is 4. The van der Waals surface area contributed by atoms with Crippen LogP contribution >= 0.6 is 0 Å². The second-order valence-corrected chi connectivity index (χ2v) is 12.9. The number of benzene rings is 4. The van der Waals surface area contributed by atoms with Gasteiger partial charge in [0.25, 0.3) is 0 Å². The Morgan fingerprint density at radius 1 is 0.979 bits per heavy atom. The van der Waals surface area contributed by atoms with Crippen LogP contribution in [0.25, 0.3) is 11.1 Å². The van der Waals surface area contributed by atoms with Gasteiger partial charge < -0.3 is 24.8 Å². The predicted octanol–water partition coefficient (Wildman–Crippen LogP) is 7.07. The molecule has 4 N–H and O–H groups in total. The van der Waals surface area contributed by atoms with E-state index in [1.165, 1.54) is 19.1 Å². The molecule has 0 amide bonds. The lowest BCUT2D eigenvalue weighted by atomic mass is 9.91. The van der Waals surface area contributed by atoms with Gasteiger partial charge in [0.15, 0.2) is 23.1 Å². The number of aliphatic hydroxyl groups is 2. The van der Waals surface area contributed by atoms with Gasteiger partial charge in [0, 0.05) is 13.2 Å². The molecule has 0 aromatic heterocycles. The standard InChI is InChI=1S/C39H43F2NO6/c1-24(21-43)10-11-26-12-15-36(33(40)18-26)47-22-28-6-4-7-29(25(28)2)30-8-5-9-32-31(30)14-17-35(32)48-37-16-13-27(19-34(37)41)20-42-39(3,23-44)38(45)46/h4-9,12-13,15-16,18-19,24,35,42-44H,10-11,14,17,20-23H2,1-3H3,(H,45,46)/t24-,35?,39+/m1/s1. The van der Waals surface area contributed by atoms with E-state index in [0.29, 0.717) is 18.4 Å². The average molecular weight is 660 g/mol. The van der Waals surface area contributed by atoms with Crippen molar-refractivity contribution in [3.05, 3.63) is 118 Å². The Kier molecular flexibility index (Phi) is 11.1. The van der Waals surface area contributed by atoms with Crippen LogP contribution in [-0.2, 0) is 30.8 Å². The lowest BCUT2D eigenvalue weighted by Gasteiger charge is -2.24. The van der Waals surface area contributed by atoms with Crippen LogP contribution in [0.1, 0.15) is 66.2 Å². The molecule has 254 valence electrons. The van der Waals surface area contributed by atoms with Gasteiger partial charge in [-0.25, -0.2) is 8.78 Å². The average Bonchev–Trinajstić information content (AvgIpc) is 3.50. The third kappa shape index (κ3) is 7.86. The number of hydrogen-bond acceptors (Lipinski definition) is 6. The fourth-order valence-electron chi connectivity index (χ4n) is 6.00. The Labute approximate surface area is 280 Å². The van der Waals surface area contributed by atoms with Crippen LogP contribution in [0.2, 0.25) is 0 Å². The van der Waals surface area contributed by atoms with Gasteiger partial charge in [0.05, 0.1) is 6.61 Å². The molecular weight excluding hydrogens is 616 g/mol. The number of carbonyl (C=O) groups is 1. The molecule has 48 heavy (non-hydrogen) atoms. The molecule has 0 radical (unpaired) electrons. The van der Waals surface area contributed by atoms with E-state index in [9.17, 15) is 24.5 Å². The summed E-state index contributed by atoms with van der Waals surface area (Å²) in [6.07, 6.45) is 2.56. The van der Waals surface area contributed by atoms with Gasteiger partial charge in [-0.15, -0.1) is 0 Å². The van der Waals surface area contributed by atoms with Crippen molar-refractivity contribution in [2.75, 3.05) is 13.2 Å². The predicted molar refractivity (Wildman–Crippen MR) is 180 cm³/mol. The number of rotatable bonds is 15. The maximum atomic E-state index is 15.1. The first kappa shape index (κ1) is 35.0. The zero-order valence-corrected chi connectivity index (χ0v) is 27.6. The number of aliphatic hydroxyl groups excluding tert-OH is 2. The Morgan fingerprint density at radius 2 is 1.67 bits per heavy atom. The van der Waals surface area contributed by atoms with Crippen molar-refractivity contribution in [3.8, 4) is 22.6 Å². The fourth-order valence-corrected chi connectivity index (χ4v) is 6.00. The first-order valence-electron chi connectivity index (χ1n) is 16.3. The number of carboxylic acid groups (broad SMARTS) is 1. The molecule has 4 aromatic rings. The van der Waals surface area contributed by atoms with E-state index in [4.69, 9.17) is 9.47 Å². The molecule has 5 rings (SSSR count). The minimum atomic E-state index is -1.54. The zero-order chi connectivity index (χ0) is 34.4. The third-order valence-corrected chi connectivity index (χ3v) is 9.31. The highest BCUT2D eigenvalue weighted by molar-refractivity contribution is 5.78. The second kappa shape index (κ2) is 15.3. The Balaban J connectivity index is 1.27. The lowest BCUT2D eigenvalue weighted by Crippen LogP contribution is -2.52. The van der Waals surface area contributed by atoms with Gasteiger partial charge in [-0.1, -0.05) is 55.5 Å². The summed E-state index contributed by atoms with van der Waals surface area (Å²) in [4.78, 5) is 11.4. The van der Waals surface area contributed by atoms with Crippen LogP contribution in [0.15, 0.2) is 72.8 Å². The molecule has 0 fully saturated rings. The van der Waals surface area contributed by atoms with Crippen LogP contribution in [0.3, 0.4) is 0 Å². The van der Waals surface area contributed by atoms with Crippen molar-refractivity contribution in [2.45, 2.75) is 71.2 Å². The lowest BCUT2D eigenvalue weighted by molar-refractivity contribution is -0.145. The Hall–Kier alpha value is -4.31. The summed E-state index contributed by atoms with van der Waals surface area (Å²) in [5, 5.41) is 30.8.